The fraction of sp³-hybridized carbons (Fsp3) is 0.400. The third kappa shape index (κ3) is 1.96. The first-order valence-electron chi connectivity index (χ1n) is 4.15. The normalized spacial score (nSPS) is 11.5. The topological polar surface area (TPSA) is 49.7 Å². The van der Waals surface area contributed by atoms with Gasteiger partial charge < -0.3 is 14.9 Å². The van der Waals surface area contributed by atoms with Crippen LogP contribution in [-0.4, -0.2) is 17.3 Å². The zero-order valence-electron chi connectivity index (χ0n) is 8.34. The van der Waals surface area contributed by atoms with Crippen molar-refractivity contribution in [3.8, 4) is 11.5 Å². The molecule has 1 rings (SSSR count). The van der Waals surface area contributed by atoms with Crippen molar-refractivity contribution < 1.29 is 19.3 Å². The summed E-state index contributed by atoms with van der Waals surface area (Å²) < 4.78 is 17.8. The maximum atomic E-state index is 13.0. The monoisotopic (exact) mass is 200 g/mol. The number of phenolic OH excluding ortho intramolecular Hbond substituents is 1. The minimum absolute atomic E-state index is 0.0159. The second-order valence-electron chi connectivity index (χ2n) is 3.56. The predicted molar refractivity (Wildman–Crippen MR) is 49.9 cm³/mol. The molecule has 0 aliphatic rings. The third-order valence-electron chi connectivity index (χ3n) is 1.92. The molecular formula is C10H13FO3. The van der Waals surface area contributed by atoms with E-state index in [9.17, 15) is 14.6 Å². The van der Waals surface area contributed by atoms with Crippen LogP contribution < -0.4 is 4.74 Å². The zero-order valence-corrected chi connectivity index (χ0v) is 8.34. The lowest BCUT2D eigenvalue weighted by Gasteiger charge is -2.20. The molecule has 1 aromatic carbocycles. The Morgan fingerprint density at radius 1 is 1.36 bits per heavy atom. The van der Waals surface area contributed by atoms with Gasteiger partial charge in [-0.15, -0.1) is 0 Å². The van der Waals surface area contributed by atoms with Crippen molar-refractivity contribution in [2.45, 2.75) is 19.4 Å². The van der Waals surface area contributed by atoms with E-state index in [2.05, 4.69) is 0 Å². The lowest BCUT2D eigenvalue weighted by Crippen LogP contribution is -2.16. The van der Waals surface area contributed by atoms with Crippen molar-refractivity contribution >= 4 is 0 Å². The molecule has 0 heterocycles. The van der Waals surface area contributed by atoms with Gasteiger partial charge in [0.05, 0.1) is 12.7 Å². The standard InChI is InChI=1S/C10H13FO3/c1-10(2,13)7-4-6(11)5-8(14-3)9(7)12/h4-5,12-13H,1-3H3. The first kappa shape index (κ1) is 10.8. The number of hydrogen-bond acceptors (Lipinski definition) is 3. The summed E-state index contributed by atoms with van der Waals surface area (Å²) in [5, 5.41) is 19.2. The Kier molecular flexibility index (Phi) is 2.66. The third-order valence-corrected chi connectivity index (χ3v) is 1.92. The van der Waals surface area contributed by atoms with Crippen LogP contribution in [0.25, 0.3) is 0 Å². The zero-order chi connectivity index (χ0) is 10.9. The number of halogens is 1. The maximum absolute atomic E-state index is 13.0. The summed E-state index contributed by atoms with van der Waals surface area (Å²) in [6.07, 6.45) is 0. The molecule has 0 saturated heterocycles. The highest BCUT2D eigenvalue weighted by molar-refractivity contribution is 5.48. The molecule has 0 bridgehead atoms. The predicted octanol–water partition coefficient (Wildman–Crippen LogP) is 1.77. The smallest absolute Gasteiger partial charge is 0.164 e. The number of rotatable bonds is 2. The summed E-state index contributed by atoms with van der Waals surface area (Å²) in [6.45, 7) is 2.92. The molecule has 0 aliphatic heterocycles. The Morgan fingerprint density at radius 3 is 2.36 bits per heavy atom. The van der Waals surface area contributed by atoms with Gasteiger partial charge in [-0.05, 0) is 19.9 Å². The Labute approximate surface area is 81.8 Å². The van der Waals surface area contributed by atoms with Gasteiger partial charge in [0.2, 0.25) is 0 Å². The van der Waals surface area contributed by atoms with E-state index in [1.807, 2.05) is 0 Å². The van der Waals surface area contributed by atoms with Gasteiger partial charge in [0.15, 0.2) is 11.5 Å². The first-order chi connectivity index (χ1) is 6.36. The van der Waals surface area contributed by atoms with E-state index in [4.69, 9.17) is 4.74 Å². The number of aliphatic hydroxyl groups is 1. The molecule has 0 aromatic heterocycles. The SMILES string of the molecule is COc1cc(F)cc(C(C)(C)O)c1O. The van der Waals surface area contributed by atoms with Crippen LogP contribution in [0.3, 0.4) is 0 Å². The average molecular weight is 200 g/mol. The van der Waals surface area contributed by atoms with Crippen LogP contribution >= 0.6 is 0 Å². The molecule has 1 aromatic rings. The lowest BCUT2D eigenvalue weighted by atomic mass is 9.97. The van der Waals surface area contributed by atoms with Gasteiger partial charge in [-0.2, -0.15) is 0 Å². The largest absolute Gasteiger partial charge is 0.504 e. The van der Waals surface area contributed by atoms with Crippen molar-refractivity contribution in [3.05, 3.63) is 23.5 Å². The molecule has 0 radical (unpaired) electrons. The highest BCUT2D eigenvalue weighted by atomic mass is 19.1. The summed E-state index contributed by atoms with van der Waals surface area (Å²) >= 11 is 0. The van der Waals surface area contributed by atoms with Crippen LogP contribution in [0.2, 0.25) is 0 Å². The quantitative estimate of drug-likeness (QED) is 0.764. The molecule has 0 amide bonds. The molecule has 2 N–H and O–H groups in total. The van der Waals surface area contributed by atoms with E-state index in [0.717, 1.165) is 12.1 Å². The highest BCUT2D eigenvalue weighted by Crippen LogP contribution is 2.36. The van der Waals surface area contributed by atoms with Gasteiger partial charge in [0.25, 0.3) is 0 Å². The summed E-state index contributed by atoms with van der Waals surface area (Å²) in [7, 11) is 1.32. The van der Waals surface area contributed by atoms with Crippen molar-refractivity contribution in [3.63, 3.8) is 0 Å². The van der Waals surface area contributed by atoms with E-state index >= 15 is 0 Å². The molecule has 0 aliphatic carbocycles. The number of aromatic hydroxyl groups is 1. The van der Waals surface area contributed by atoms with Gasteiger partial charge in [-0.25, -0.2) is 4.39 Å². The van der Waals surface area contributed by atoms with E-state index in [1.54, 1.807) is 0 Å². The summed E-state index contributed by atoms with van der Waals surface area (Å²) in [6, 6.07) is 2.14. The summed E-state index contributed by atoms with van der Waals surface area (Å²) in [5.41, 5.74) is -1.20. The lowest BCUT2D eigenvalue weighted by molar-refractivity contribution is 0.0749. The number of benzene rings is 1. The molecule has 0 saturated carbocycles. The highest BCUT2D eigenvalue weighted by Gasteiger charge is 2.23. The molecule has 0 fully saturated rings. The molecule has 4 heteroatoms. The molecule has 3 nitrogen and oxygen atoms in total. The first-order valence-corrected chi connectivity index (χ1v) is 4.15. The van der Waals surface area contributed by atoms with Gasteiger partial charge >= 0.3 is 0 Å². The molecule has 78 valence electrons. The van der Waals surface area contributed by atoms with Crippen molar-refractivity contribution in [2.24, 2.45) is 0 Å². The van der Waals surface area contributed by atoms with Crippen molar-refractivity contribution in [2.75, 3.05) is 7.11 Å². The van der Waals surface area contributed by atoms with Gasteiger partial charge in [-0.1, -0.05) is 0 Å². The van der Waals surface area contributed by atoms with E-state index in [1.165, 1.54) is 21.0 Å². The van der Waals surface area contributed by atoms with Crippen LogP contribution in [0, 0.1) is 5.82 Å². The van der Waals surface area contributed by atoms with Crippen LogP contribution in [-0.2, 0) is 5.60 Å². The van der Waals surface area contributed by atoms with Crippen LogP contribution in [0.15, 0.2) is 12.1 Å². The van der Waals surface area contributed by atoms with Crippen LogP contribution in [0.1, 0.15) is 19.4 Å². The van der Waals surface area contributed by atoms with Crippen molar-refractivity contribution in [1.29, 1.82) is 0 Å². The molecular weight excluding hydrogens is 187 g/mol. The second-order valence-corrected chi connectivity index (χ2v) is 3.56. The number of ether oxygens (including phenoxy) is 1. The second kappa shape index (κ2) is 3.46. The van der Waals surface area contributed by atoms with Gasteiger partial charge in [0, 0.05) is 11.6 Å². The minimum Gasteiger partial charge on any atom is -0.504 e. The minimum atomic E-state index is -1.31. The Balaban J connectivity index is 3.37. The summed E-state index contributed by atoms with van der Waals surface area (Å²) in [5.74, 6) is -0.777. The van der Waals surface area contributed by atoms with E-state index in [0.29, 0.717) is 0 Å². The van der Waals surface area contributed by atoms with Gasteiger partial charge in [0.1, 0.15) is 5.82 Å². The van der Waals surface area contributed by atoms with Crippen LogP contribution in [0.5, 0.6) is 11.5 Å². The Bertz CT molecular complexity index is 342. The Hall–Kier alpha value is -1.29. The Morgan fingerprint density at radius 2 is 1.93 bits per heavy atom. The number of phenols is 1. The van der Waals surface area contributed by atoms with Crippen molar-refractivity contribution in [1.82, 2.24) is 0 Å². The molecule has 14 heavy (non-hydrogen) atoms. The molecule has 0 atom stereocenters. The molecule has 0 spiro atoms. The summed E-state index contributed by atoms with van der Waals surface area (Å²) in [4.78, 5) is 0. The van der Waals surface area contributed by atoms with Crippen LogP contribution in [0.4, 0.5) is 4.39 Å². The fourth-order valence-corrected chi connectivity index (χ4v) is 1.20. The average Bonchev–Trinajstić information content (AvgIpc) is 2.06. The number of methoxy groups -OCH3 is 1. The maximum Gasteiger partial charge on any atom is 0.164 e. The van der Waals surface area contributed by atoms with Gasteiger partial charge in [-0.3, -0.25) is 0 Å². The van der Waals surface area contributed by atoms with E-state index in [-0.39, 0.29) is 17.1 Å². The number of hydrogen-bond donors (Lipinski definition) is 2. The molecule has 0 unspecified atom stereocenters. The fourth-order valence-electron chi connectivity index (χ4n) is 1.20. The van der Waals surface area contributed by atoms with E-state index < -0.39 is 11.4 Å².